The van der Waals surface area contributed by atoms with E-state index in [0.717, 1.165) is 49.8 Å². The number of hydrogen-bond acceptors (Lipinski definition) is 4. The molecule has 172 valence electrons. The molecular formula is C28H29N5O. The van der Waals surface area contributed by atoms with Crippen molar-refractivity contribution in [2.24, 2.45) is 0 Å². The zero-order valence-corrected chi connectivity index (χ0v) is 19.2. The lowest BCUT2D eigenvalue weighted by molar-refractivity contribution is -0.120. The highest BCUT2D eigenvalue weighted by molar-refractivity contribution is 5.78. The summed E-state index contributed by atoms with van der Waals surface area (Å²) in [4.78, 5) is 14.8. The quantitative estimate of drug-likeness (QED) is 0.464. The van der Waals surface area contributed by atoms with E-state index in [1.807, 2.05) is 36.4 Å². The molecule has 34 heavy (non-hydrogen) atoms. The standard InChI is InChI=1S/C28H29N5O/c34-28(19-22-7-3-1-4-8-22)29-20-27-31-30-26-15-16-32(17-18-33(26)27)21-23-11-13-25(14-12-23)24-9-5-2-6-10-24/h1-14H,15-21H2,(H,29,34). The van der Waals surface area contributed by atoms with Crippen LogP contribution < -0.4 is 5.32 Å². The number of rotatable bonds is 7. The van der Waals surface area contributed by atoms with Crippen molar-refractivity contribution in [1.29, 1.82) is 0 Å². The first-order chi connectivity index (χ1) is 16.7. The van der Waals surface area contributed by atoms with Gasteiger partial charge in [-0.1, -0.05) is 84.9 Å². The number of carbonyl (C=O) groups excluding carboxylic acids is 1. The molecule has 1 aliphatic heterocycles. The van der Waals surface area contributed by atoms with E-state index in [0.29, 0.717) is 13.0 Å². The Bertz CT molecular complexity index is 1220. The molecule has 0 fully saturated rings. The van der Waals surface area contributed by atoms with Crippen molar-refractivity contribution in [2.45, 2.75) is 32.5 Å². The Hall–Kier alpha value is -3.77. The second-order valence-electron chi connectivity index (χ2n) is 8.71. The van der Waals surface area contributed by atoms with Crippen LogP contribution in [0.2, 0.25) is 0 Å². The molecule has 0 atom stereocenters. The molecule has 0 saturated heterocycles. The van der Waals surface area contributed by atoms with E-state index in [-0.39, 0.29) is 5.91 Å². The maximum absolute atomic E-state index is 12.3. The molecule has 0 spiro atoms. The van der Waals surface area contributed by atoms with Crippen molar-refractivity contribution in [1.82, 2.24) is 25.0 Å². The molecule has 1 amide bonds. The Kier molecular flexibility index (Phi) is 6.77. The third kappa shape index (κ3) is 5.41. The molecular weight excluding hydrogens is 422 g/mol. The maximum Gasteiger partial charge on any atom is 0.224 e. The van der Waals surface area contributed by atoms with Crippen LogP contribution in [-0.2, 0) is 37.3 Å². The van der Waals surface area contributed by atoms with Gasteiger partial charge in [0.2, 0.25) is 5.91 Å². The maximum atomic E-state index is 12.3. The number of carbonyl (C=O) groups is 1. The van der Waals surface area contributed by atoms with E-state index in [4.69, 9.17) is 0 Å². The SMILES string of the molecule is O=C(Cc1ccccc1)NCc1nnc2n1CCN(Cc1ccc(-c3ccccc3)cc1)CC2. The van der Waals surface area contributed by atoms with Crippen molar-refractivity contribution in [3.63, 3.8) is 0 Å². The minimum atomic E-state index is -0.00209. The van der Waals surface area contributed by atoms with E-state index in [9.17, 15) is 4.79 Å². The molecule has 1 N–H and O–H groups in total. The normalized spacial score (nSPS) is 13.8. The summed E-state index contributed by atoms with van der Waals surface area (Å²) in [5.41, 5.74) is 4.80. The molecule has 2 heterocycles. The second kappa shape index (κ2) is 10.4. The van der Waals surface area contributed by atoms with Gasteiger partial charge in [-0.3, -0.25) is 9.69 Å². The van der Waals surface area contributed by atoms with E-state index >= 15 is 0 Å². The van der Waals surface area contributed by atoms with Crippen LogP contribution in [0, 0.1) is 0 Å². The zero-order chi connectivity index (χ0) is 23.2. The molecule has 0 saturated carbocycles. The lowest BCUT2D eigenvalue weighted by Crippen LogP contribution is -2.28. The summed E-state index contributed by atoms with van der Waals surface area (Å²) in [6.45, 7) is 4.01. The van der Waals surface area contributed by atoms with Crippen molar-refractivity contribution in [2.75, 3.05) is 13.1 Å². The van der Waals surface area contributed by atoms with Gasteiger partial charge in [0.05, 0.1) is 13.0 Å². The van der Waals surface area contributed by atoms with Gasteiger partial charge in [-0.15, -0.1) is 10.2 Å². The average molecular weight is 452 g/mol. The number of nitrogens with one attached hydrogen (secondary N) is 1. The highest BCUT2D eigenvalue weighted by Crippen LogP contribution is 2.20. The zero-order valence-electron chi connectivity index (χ0n) is 19.2. The molecule has 0 bridgehead atoms. The summed E-state index contributed by atoms with van der Waals surface area (Å²) in [7, 11) is 0. The minimum absolute atomic E-state index is 0.00209. The molecule has 0 aliphatic carbocycles. The third-order valence-corrected chi connectivity index (χ3v) is 6.31. The Labute approximate surface area is 200 Å². The first-order valence-electron chi connectivity index (χ1n) is 11.8. The van der Waals surface area contributed by atoms with Gasteiger partial charge in [0.15, 0.2) is 5.82 Å². The molecule has 4 aromatic rings. The average Bonchev–Trinajstić information content (AvgIpc) is 3.16. The van der Waals surface area contributed by atoms with Crippen LogP contribution in [0.25, 0.3) is 11.1 Å². The summed E-state index contributed by atoms with van der Waals surface area (Å²) in [5, 5.41) is 11.7. The molecule has 3 aromatic carbocycles. The predicted octanol–water partition coefficient (Wildman–Crippen LogP) is 3.86. The monoisotopic (exact) mass is 451 g/mol. The molecule has 1 aromatic heterocycles. The van der Waals surface area contributed by atoms with Crippen molar-refractivity contribution >= 4 is 5.91 Å². The smallest absolute Gasteiger partial charge is 0.224 e. The summed E-state index contributed by atoms with van der Waals surface area (Å²) in [6.07, 6.45) is 1.23. The Morgan fingerprint density at radius 1 is 0.765 bits per heavy atom. The first kappa shape index (κ1) is 22.0. The van der Waals surface area contributed by atoms with Gasteiger partial charge in [0.1, 0.15) is 5.82 Å². The third-order valence-electron chi connectivity index (χ3n) is 6.31. The van der Waals surface area contributed by atoms with Crippen LogP contribution in [0.15, 0.2) is 84.9 Å². The molecule has 6 heteroatoms. The highest BCUT2D eigenvalue weighted by Gasteiger charge is 2.19. The summed E-state index contributed by atoms with van der Waals surface area (Å²) in [5.74, 6) is 1.82. The topological polar surface area (TPSA) is 63.1 Å². The van der Waals surface area contributed by atoms with Gasteiger partial charge < -0.3 is 9.88 Å². The number of fused-ring (bicyclic) bond motifs is 1. The van der Waals surface area contributed by atoms with Crippen LogP contribution in [0.3, 0.4) is 0 Å². The van der Waals surface area contributed by atoms with Gasteiger partial charge in [-0.2, -0.15) is 0 Å². The number of benzene rings is 3. The van der Waals surface area contributed by atoms with Crippen LogP contribution in [0.4, 0.5) is 0 Å². The van der Waals surface area contributed by atoms with Crippen molar-refractivity contribution in [3.8, 4) is 11.1 Å². The Morgan fingerprint density at radius 2 is 1.47 bits per heavy atom. The first-order valence-corrected chi connectivity index (χ1v) is 11.8. The lowest BCUT2D eigenvalue weighted by Gasteiger charge is -2.20. The van der Waals surface area contributed by atoms with Crippen LogP contribution in [0.1, 0.15) is 22.8 Å². The van der Waals surface area contributed by atoms with Crippen LogP contribution >= 0.6 is 0 Å². The van der Waals surface area contributed by atoms with Gasteiger partial charge >= 0.3 is 0 Å². The number of hydrogen-bond donors (Lipinski definition) is 1. The summed E-state index contributed by atoms with van der Waals surface area (Å²) in [6, 6.07) is 29.1. The van der Waals surface area contributed by atoms with E-state index in [1.54, 1.807) is 0 Å². The van der Waals surface area contributed by atoms with E-state index < -0.39 is 0 Å². The lowest BCUT2D eigenvalue weighted by atomic mass is 10.0. The molecule has 1 aliphatic rings. The largest absolute Gasteiger partial charge is 0.349 e. The molecule has 5 rings (SSSR count). The Morgan fingerprint density at radius 3 is 2.24 bits per heavy atom. The summed E-state index contributed by atoms with van der Waals surface area (Å²) >= 11 is 0. The Balaban J connectivity index is 1.15. The fourth-order valence-electron chi connectivity index (χ4n) is 4.43. The van der Waals surface area contributed by atoms with Crippen LogP contribution in [-0.4, -0.2) is 38.7 Å². The fourth-order valence-corrected chi connectivity index (χ4v) is 4.43. The minimum Gasteiger partial charge on any atom is -0.349 e. The van der Waals surface area contributed by atoms with E-state index in [2.05, 4.69) is 73.5 Å². The summed E-state index contributed by atoms with van der Waals surface area (Å²) < 4.78 is 2.17. The van der Waals surface area contributed by atoms with Gasteiger partial charge in [-0.05, 0) is 22.3 Å². The van der Waals surface area contributed by atoms with Gasteiger partial charge in [0.25, 0.3) is 0 Å². The van der Waals surface area contributed by atoms with E-state index in [1.165, 1.54) is 16.7 Å². The number of nitrogens with zero attached hydrogens (tertiary/aromatic N) is 4. The number of amides is 1. The van der Waals surface area contributed by atoms with Gasteiger partial charge in [0, 0.05) is 32.6 Å². The molecule has 0 unspecified atom stereocenters. The second-order valence-corrected chi connectivity index (χ2v) is 8.71. The molecule has 0 radical (unpaired) electrons. The fraction of sp³-hybridized carbons (Fsp3) is 0.250. The van der Waals surface area contributed by atoms with Crippen molar-refractivity contribution in [3.05, 3.63) is 108 Å². The van der Waals surface area contributed by atoms with Crippen LogP contribution in [0.5, 0.6) is 0 Å². The highest BCUT2D eigenvalue weighted by atomic mass is 16.1. The van der Waals surface area contributed by atoms with Gasteiger partial charge in [-0.25, -0.2) is 0 Å². The predicted molar refractivity (Wildman–Crippen MR) is 133 cm³/mol. The molecule has 6 nitrogen and oxygen atoms in total. The van der Waals surface area contributed by atoms with Crippen molar-refractivity contribution < 1.29 is 4.79 Å². The number of aromatic nitrogens is 3.